The van der Waals surface area contributed by atoms with Gasteiger partial charge in [0.2, 0.25) is 0 Å². The van der Waals surface area contributed by atoms with E-state index < -0.39 is 5.97 Å². The summed E-state index contributed by atoms with van der Waals surface area (Å²) in [6.07, 6.45) is 3.27. The Morgan fingerprint density at radius 2 is 2.24 bits per heavy atom. The lowest BCUT2D eigenvalue weighted by atomic mass is 10.2. The second-order valence-corrected chi connectivity index (χ2v) is 3.23. The first-order valence-electron chi connectivity index (χ1n) is 5.26. The first kappa shape index (κ1) is 12.9. The van der Waals surface area contributed by atoms with Gasteiger partial charge in [0.25, 0.3) is 0 Å². The van der Waals surface area contributed by atoms with Crippen LogP contribution >= 0.6 is 0 Å². The van der Waals surface area contributed by atoms with Crippen LogP contribution in [0, 0.1) is 11.8 Å². The third-order valence-corrected chi connectivity index (χ3v) is 1.99. The first-order valence-corrected chi connectivity index (χ1v) is 5.26. The summed E-state index contributed by atoms with van der Waals surface area (Å²) in [5.41, 5.74) is 0.749. The van der Waals surface area contributed by atoms with Gasteiger partial charge in [-0.1, -0.05) is 18.2 Å². The van der Waals surface area contributed by atoms with E-state index in [0.717, 1.165) is 11.6 Å². The van der Waals surface area contributed by atoms with E-state index in [1.54, 1.807) is 19.1 Å². The van der Waals surface area contributed by atoms with Crippen molar-refractivity contribution in [3.8, 4) is 17.6 Å². The van der Waals surface area contributed by atoms with Crippen LogP contribution in [0.5, 0.6) is 5.75 Å². The van der Waals surface area contributed by atoms with Crippen molar-refractivity contribution in [3.63, 3.8) is 0 Å². The Kier molecular flexibility index (Phi) is 5.39. The second kappa shape index (κ2) is 7.13. The molecule has 0 aliphatic heterocycles. The van der Waals surface area contributed by atoms with Crippen molar-refractivity contribution in [1.29, 1.82) is 0 Å². The normalized spacial score (nSPS) is 9.71. The van der Waals surface area contributed by atoms with Gasteiger partial charge in [-0.2, -0.15) is 0 Å². The minimum atomic E-state index is -0.975. The summed E-state index contributed by atoms with van der Waals surface area (Å²) >= 11 is 0. The Morgan fingerprint density at radius 3 is 2.94 bits per heavy atom. The molecule has 1 aromatic rings. The second-order valence-electron chi connectivity index (χ2n) is 3.23. The monoisotopic (exact) mass is 230 g/mol. The van der Waals surface area contributed by atoms with Crippen molar-refractivity contribution in [2.75, 3.05) is 6.61 Å². The van der Waals surface area contributed by atoms with Crippen molar-refractivity contribution in [3.05, 3.63) is 35.9 Å². The highest BCUT2D eigenvalue weighted by Crippen LogP contribution is 2.19. The van der Waals surface area contributed by atoms with Crippen molar-refractivity contribution >= 4 is 12.0 Å². The molecule has 0 heterocycles. The van der Waals surface area contributed by atoms with E-state index in [4.69, 9.17) is 9.84 Å². The molecule has 0 saturated heterocycles. The van der Waals surface area contributed by atoms with Crippen molar-refractivity contribution in [2.24, 2.45) is 0 Å². The molecule has 3 heteroatoms. The third-order valence-electron chi connectivity index (χ3n) is 1.99. The Balaban J connectivity index is 2.69. The summed E-state index contributed by atoms with van der Waals surface area (Å²) in [5, 5.41) is 8.57. The van der Waals surface area contributed by atoms with Crippen LogP contribution in [0.15, 0.2) is 30.3 Å². The summed E-state index contributed by atoms with van der Waals surface area (Å²) in [4.78, 5) is 10.4. The number of hydrogen-bond donors (Lipinski definition) is 1. The van der Waals surface area contributed by atoms with Crippen LogP contribution in [0.25, 0.3) is 6.08 Å². The maximum atomic E-state index is 10.4. The fraction of sp³-hybridized carbons (Fsp3) is 0.214. The predicted molar refractivity (Wildman–Crippen MR) is 66.7 cm³/mol. The molecule has 0 radical (unpaired) electrons. The van der Waals surface area contributed by atoms with Crippen LogP contribution in [-0.2, 0) is 4.79 Å². The summed E-state index contributed by atoms with van der Waals surface area (Å²) < 4.78 is 5.52. The molecule has 0 atom stereocenters. The van der Waals surface area contributed by atoms with Crippen LogP contribution in [-0.4, -0.2) is 17.7 Å². The van der Waals surface area contributed by atoms with Gasteiger partial charge >= 0.3 is 5.97 Å². The number of para-hydroxylation sites is 1. The molecular formula is C14H14O3. The Hall–Kier alpha value is -2.21. The summed E-state index contributed by atoms with van der Waals surface area (Å²) in [6.45, 7) is 2.28. The minimum Gasteiger partial charge on any atom is -0.492 e. The first-order chi connectivity index (χ1) is 8.24. The quantitative estimate of drug-likeness (QED) is 0.480. The fourth-order valence-electron chi connectivity index (χ4n) is 1.25. The number of benzene rings is 1. The molecule has 3 nitrogen and oxygen atoms in total. The number of carbonyl (C=O) groups is 1. The number of rotatable bonds is 5. The van der Waals surface area contributed by atoms with Crippen LogP contribution in [0.1, 0.15) is 18.9 Å². The molecule has 0 spiro atoms. The van der Waals surface area contributed by atoms with E-state index in [0.29, 0.717) is 18.8 Å². The molecule has 0 bridgehead atoms. The Labute approximate surface area is 101 Å². The number of carboxylic acid groups (broad SMARTS) is 1. The molecule has 88 valence electrons. The topological polar surface area (TPSA) is 46.5 Å². The van der Waals surface area contributed by atoms with Gasteiger partial charge in [0.05, 0.1) is 6.61 Å². The summed E-state index contributed by atoms with van der Waals surface area (Å²) in [6, 6.07) is 7.29. The number of ether oxygens (including phenoxy) is 1. The lowest BCUT2D eigenvalue weighted by molar-refractivity contribution is -0.131. The van der Waals surface area contributed by atoms with Crippen molar-refractivity contribution in [2.45, 2.75) is 13.3 Å². The van der Waals surface area contributed by atoms with E-state index >= 15 is 0 Å². The van der Waals surface area contributed by atoms with Crippen molar-refractivity contribution < 1.29 is 14.6 Å². The molecule has 1 N–H and O–H groups in total. The summed E-state index contributed by atoms with van der Waals surface area (Å²) in [7, 11) is 0. The molecule has 1 rings (SSSR count). The Morgan fingerprint density at radius 1 is 1.47 bits per heavy atom. The van der Waals surface area contributed by atoms with Gasteiger partial charge in [-0.05, 0) is 19.1 Å². The smallest absolute Gasteiger partial charge is 0.328 e. The molecule has 0 aromatic heterocycles. The fourth-order valence-corrected chi connectivity index (χ4v) is 1.25. The zero-order valence-electron chi connectivity index (χ0n) is 9.64. The van der Waals surface area contributed by atoms with E-state index in [-0.39, 0.29) is 0 Å². The number of hydrogen-bond acceptors (Lipinski definition) is 2. The minimum absolute atomic E-state index is 0.499. The van der Waals surface area contributed by atoms with Crippen LogP contribution in [0.4, 0.5) is 0 Å². The van der Waals surface area contributed by atoms with Gasteiger partial charge in [0.1, 0.15) is 5.75 Å². The van der Waals surface area contributed by atoms with Crippen molar-refractivity contribution in [1.82, 2.24) is 0 Å². The van der Waals surface area contributed by atoms with Gasteiger partial charge in [0.15, 0.2) is 0 Å². The Bertz CT molecular complexity index is 464. The zero-order valence-corrected chi connectivity index (χ0v) is 9.64. The maximum absolute atomic E-state index is 10.4. The standard InChI is InChI=1S/C14H14O3/c1-2-3-6-11-17-13-8-5-4-7-12(13)9-10-14(15)16/h4-5,7-10H,6,11H2,1H3,(H,15,16)/b10-9+. The van der Waals surface area contributed by atoms with Crippen LogP contribution in [0.2, 0.25) is 0 Å². The highest BCUT2D eigenvalue weighted by Gasteiger charge is 1.99. The molecule has 0 amide bonds. The highest BCUT2D eigenvalue weighted by molar-refractivity contribution is 5.85. The van der Waals surface area contributed by atoms with E-state index in [2.05, 4.69) is 11.8 Å². The maximum Gasteiger partial charge on any atom is 0.328 e. The zero-order chi connectivity index (χ0) is 12.5. The molecular weight excluding hydrogens is 216 g/mol. The van der Waals surface area contributed by atoms with Gasteiger partial charge in [0, 0.05) is 18.1 Å². The number of aliphatic carboxylic acids is 1. The summed E-state index contributed by atoms with van der Waals surface area (Å²) in [5.74, 6) is 5.38. The molecule has 0 aliphatic rings. The molecule has 0 aliphatic carbocycles. The largest absolute Gasteiger partial charge is 0.492 e. The lowest BCUT2D eigenvalue weighted by Gasteiger charge is -2.06. The lowest BCUT2D eigenvalue weighted by Crippen LogP contribution is -1.97. The third kappa shape index (κ3) is 4.89. The van der Waals surface area contributed by atoms with Gasteiger partial charge in [-0.3, -0.25) is 0 Å². The highest BCUT2D eigenvalue weighted by atomic mass is 16.5. The van der Waals surface area contributed by atoms with Gasteiger partial charge in [-0.25, -0.2) is 4.79 Å². The molecule has 1 aromatic carbocycles. The number of carboxylic acids is 1. The molecule has 0 unspecified atom stereocenters. The van der Waals surface area contributed by atoms with Gasteiger partial charge < -0.3 is 9.84 Å². The molecule has 17 heavy (non-hydrogen) atoms. The predicted octanol–water partition coefficient (Wildman–Crippen LogP) is 2.58. The SMILES string of the molecule is CC#CCCOc1ccccc1/C=C/C(=O)O. The van der Waals surface area contributed by atoms with Crippen LogP contribution in [0.3, 0.4) is 0 Å². The molecule has 0 fully saturated rings. The average Bonchev–Trinajstić information content (AvgIpc) is 2.33. The van der Waals surface area contributed by atoms with Crippen LogP contribution < -0.4 is 4.74 Å². The molecule has 0 saturated carbocycles. The average molecular weight is 230 g/mol. The van der Waals surface area contributed by atoms with E-state index in [1.165, 1.54) is 6.08 Å². The van der Waals surface area contributed by atoms with E-state index in [9.17, 15) is 4.79 Å². The van der Waals surface area contributed by atoms with E-state index in [1.807, 2.05) is 12.1 Å². The van der Waals surface area contributed by atoms with Gasteiger partial charge in [-0.15, -0.1) is 11.8 Å².